The largest absolute Gasteiger partial charge is 0.253 e. The number of hydrogen-bond donors (Lipinski definition) is 0. The van der Waals surface area contributed by atoms with Crippen LogP contribution in [-0.4, -0.2) is 24.8 Å². The van der Waals surface area contributed by atoms with Crippen LogP contribution in [0, 0.1) is 0 Å². The first-order valence-corrected chi connectivity index (χ1v) is 9.60. The molecule has 2 aromatic carbocycles. The number of benzene rings is 2. The van der Waals surface area contributed by atoms with E-state index in [2.05, 4.69) is 57.6 Å². The predicted octanol–water partition coefficient (Wildman–Crippen LogP) is 4.63. The van der Waals surface area contributed by atoms with Gasteiger partial charge in [0.15, 0.2) is 5.65 Å². The summed E-state index contributed by atoms with van der Waals surface area (Å²) in [5, 5.41) is 16.6. The molecule has 0 saturated heterocycles. The lowest BCUT2D eigenvalue weighted by Gasteiger charge is -2.06. The number of aromatic nitrogens is 5. The van der Waals surface area contributed by atoms with Crippen molar-refractivity contribution in [1.82, 2.24) is 24.8 Å². The van der Waals surface area contributed by atoms with Gasteiger partial charge in [-0.15, -0.1) is 10.2 Å². The second kappa shape index (κ2) is 6.81. The van der Waals surface area contributed by atoms with Crippen molar-refractivity contribution in [3.05, 3.63) is 84.6 Å². The zero-order valence-electron chi connectivity index (χ0n) is 14.4. The van der Waals surface area contributed by atoms with Crippen molar-refractivity contribution in [2.75, 3.05) is 0 Å². The molecular formula is C21H15N5S. The summed E-state index contributed by atoms with van der Waals surface area (Å²) in [6, 6.07) is 24.5. The molecule has 5 nitrogen and oxygen atoms in total. The molecule has 0 atom stereocenters. The Balaban J connectivity index is 1.47. The van der Waals surface area contributed by atoms with Crippen LogP contribution in [0.2, 0.25) is 0 Å². The Kier molecular flexibility index (Phi) is 4.03. The predicted molar refractivity (Wildman–Crippen MR) is 108 cm³/mol. The Morgan fingerprint density at radius 3 is 2.63 bits per heavy atom. The monoisotopic (exact) mass is 369 g/mol. The smallest absolute Gasteiger partial charge is 0.203 e. The topological polar surface area (TPSA) is 56.0 Å². The molecule has 0 aliphatic heterocycles. The third-order valence-corrected chi connectivity index (χ3v) is 5.36. The van der Waals surface area contributed by atoms with Gasteiger partial charge in [-0.25, -0.2) is 0 Å². The van der Waals surface area contributed by atoms with Crippen molar-refractivity contribution < 1.29 is 0 Å². The Labute approximate surface area is 160 Å². The number of hydrogen-bond acceptors (Lipinski definition) is 5. The Hall–Kier alpha value is -3.25. The van der Waals surface area contributed by atoms with Crippen molar-refractivity contribution in [3.63, 3.8) is 0 Å². The molecule has 0 spiro atoms. The summed E-state index contributed by atoms with van der Waals surface area (Å²) in [6.07, 6.45) is 1.75. The Bertz CT molecular complexity index is 1230. The summed E-state index contributed by atoms with van der Waals surface area (Å²) >= 11 is 1.70. The SMILES string of the molecule is c1ccc(-c2nnc3ccc(SCc4cccc5ccccc45)nn23)nc1. The summed E-state index contributed by atoms with van der Waals surface area (Å²) in [5.41, 5.74) is 2.77. The minimum Gasteiger partial charge on any atom is -0.253 e. The maximum Gasteiger partial charge on any atom is 0.203 e. The highest BCUT2D eigenvalue weighted by Crippen LogP contribution is 2.27. The van der Waals surface area contributed by atoms with Crippen LogP contribution in [0.4, 0.5) is 0 Å². The van der Waals surface area contributed by atoms with Gasteiger partial charge in [0.05, 0.1) is 0 Å². The third kappa shape index (κ3) is 3.04. The molecule has 27 heavy (non-hydrogen) atoms. The first-order chi connectivity index (χ1) is 13.4. The van der Waals surface area contributed by atoms with Crippen LogP contribution in [0.1, 0.15) is 5.56 Å². The average molecular weight is 369 g/mol. The van der Waals surface area contributed by atoms with E-state index in [1.165, 1.54) is 16.3 Å². The summed E-state index contributed by atoms with van der Waals surface area (Å²) < 4.78 is 1.76. The highest BCUT2D eigenvalue weighted by molar-refractivity contribution is 7.98. The molecule has 0 amide bonds. The van der Waals surface area contributed by atoms with Crippen LogP contribution in [0.15, 0.2) is 84.0 Å². The molecule has 5 rings (SSSR count). The van der Waals surface area contributed by atoms with Gasteiger partial charge in [0.2, 0.25) is 5.82 Å². The van der Waals surface area contributed by atoms with Gasteiger partial charge in [-0.05, 0) is 40.6 Å². The summed E-state index contributed by atoms with van der Waals surface area (Å²) in [4.78, 5) is 4.36. The Morgan fingerprint density at radius 1 is 0.815 bits per heavy atom. The average Bonchev–Trinajstić information content (AvgIpc) is 3.16. The van der Waals surface area contributed by atoms with E-state index >= 15 is 0 Å². The fourth-order valence-electron chi connectivity index (χ4n) is 3.07. The summed E-state index contributed by atoms with van der Waals surface area (Å²) in [6.45, 7) is 0. The Morgan fingerprint density at radius 2 is 1.70 bits per heavy atom. The number of fused-ring (bicyclic) bond motifs is 2. The molecule has 0 fully saturated rings. The van der Waals surface area contributed by atoms with Crippen LogP contribution in [0.5, 0.6) is 0 Å². The fraction of sp³-hybridized carbons (Fsp3) is 0.0476. The molecule has 5 aromatic rings. The van der Waals surface area contributed by atoms with E-state index in [1.807, 2.05) is 30.3 Å². The molecule has 6 heteroatoms. The lowest BCUT2D eigenvalue weighted by molar-refractivity contribution is 0.857. The van der Waals surface area contributed by atoms with Gasteiger partial charge in [0.1, 0.15) is 10.7 Å². The normalized spacial score (nSPS) is 11.3. The van der Waals surface area contributed by atoms with Crippen molar-refractivity contribution in [2.45, 2.75) is 10.8 Å². The van der Waals surface area contributed by atoms with Gasteiger partial charge in [-0.1, -0.05) is 60.3 Å². The van der Waals surface area contributed by atoms with E-state index in [9.17, 15) is 0 Å². The zero-order chi connectivity index (χ0) is 18.1. The standard InChI is InChI=1S/C21H15N5S/c1-2-9-17-15(6-1)7-5-8-16(17)14-27-20-12-11-19-23-24-21(26(19)25-20)18-10-3-4-13-22-18/h1-13H,14H2. The van der Waals surface area contributed by atoms with Crippen LogP contribution >= 0.6 is 11.8 Å². The number of thioether (sulfide) groups is 1. The molecule has 0 aliphatic carbocycles. The lowest BCUT2D eigenvalue weighted by Crippen LogP contribution is -1.97. The highest BCUT2D eigenvalue weighted by Gasteiger charge is 2.11. The number of rotatable bonds is 4. The lowest BCUT2D eigenvalue weighted by atomic mass is 10.1. The third-order valence-electron chi connectivity index (χ3n) is 4.39. The van der Waals surface area contributed by atoms with E-state index in [4.69, 9.17) is 5.10 Å². The molecule has 3 aromatic heterocycles. The zero-order valence-corrected chi connectivity index (χ0v) is 15.2. The molecule has 0 unspecified atom stereocenters. The first kappa shape index (κ1) is 16.0. The van der Waals surface area contributed by atoms with Crippen LogP contribution in [0.25, 0.3) is 27.9 Å². The van der Waals surface area contributed by atoms with Gasteiger partial charge in [-0.2, -0.15) is 9.61 Å². The fourth-order valence-corrected chi connectivity index (χ4v) is 3.93. The van der Waals surface area contributed by atoms with E-state index in [-0.39, 0.29) is 0 Å². The minimum absolute atomic E-state index is 0.651. The number of nitrogens with zero attached hydrogens (tertiary/aromatic N) is 5. The maximum absolute atomic E-state index is 4.72. The van der Waals surface area contributed by atoms with E-state index in [0.717, 1.165) is 16.5 Å². The summed E-state index contributed by atoms with van der Waals surface area (Å²) in [5.74, 6) is 1.50. The molecule has 0 aliphatic rings. The van der Waals surface area contributed by atoms with Gasteiger partial charge in [0, 0.05) is 11.9 Å². The second-order valence-corrected chi connectivity index (χ2v) is 7.10. The quantitative estimate of drug-likeness (QED) is 0.432. The van der Waals surface area contributed by atoms with E-state index in [1.54, 1.807) is 22.5 Å². The highest BCUT2D eigenvalue weighted by atomic mass is 32.2. The van der Waals surface area contributed by atoms with Crippen LogP contribution in [0.3, 0.4) is 0 Å². The van der Waals surface area contributed by atoms with E-state index < -0.39 is 0 Å². The van der Waals surface area contributed by atoms with Crippen LogP contribution in [-0.2, 0) is 5.75 Å². The summed E-state index contributed by atoms with van der Waals surface area (Å²) in [7, 11) is 0. The van der Waals surface area contributed by atoms with E-state index in [0.29, 0.717) is 11.5 Å². The molecule has 3 heterocycles. The van der Waals surface area contributed by atoms with Crippen LogP contribution < -0.4 is 0 Å². The first-order valence-electron chi connectivity index (χ1n) is 8.62. The number of pyridine rings is 1. The van der Waals surface area contributed by atoms with Crippen molar-refractivity contribution >= 4 is 28.2 Å². The van der Waals surface area contributed by atoms with Gasteiger partial charge < -0.3 is 0 Å². The molecule has 0 N–H and O–H groups in total. The van der Waals surface area contributed by atoms with Gasteiger partial charge in [0.25, 0.3) is 0 Å². The maximum atomic E-state index is 4.72. The van der Waals surface area contributed by atoms with Crippen molar-refractivity contribution in [1.29, 1.82) is 0 Å². The molecule has 130 valence electrons. The van der Waals surface area contributed by atoms with Gasteiger partial charge >= 0.3 is 0 Å². The molecular weight excluding hydrogens is 354 g/mol. The molecule has 0 bridgehead atoms. The second-order valence-electron chi connectivity index (χ2n) is 6.11. The molecule has 0 saturated carbocycles. The van der Waals surface area contributed by atoms with Gasteiger partial charge in [-0.3, -0.25) is 4.98 Å². The van der Waals surface area contributed by atoms with Crippen molar-refractivity contribution in [2.24, 2.45) is 0 Å². The minimum atomic E-state index is 0.651. The molecule has 0 radical (unpaired) electrons. The van der Waals surface area contributed by atoms with Crippen molar-refractivity contribution in [3.8, 4) is 11.5 Å².